The molecular formula is C33H37N3O5. The maximum absolute atomic E-state index is 14.4. The monoisotopic (exact) mass is 555 g/mol. The van der Waals surface area contributed by atoms with Gasteiger partial charge in [0.2, 0.25) is 5.91 Å². The van der Waals surface area contributed by atoms with Crippen LogP contribution in [-0.4, -0.2) is 52.9 Å². The third-order valence-electron chi connectivity index (χ3n) is 8.47. The van der Waals surface area contributed by atoms with E-state index in [-0.39, 0.29) is 23.5 Å². The van der Waals surface area contributed by atoms with Crippen LogP contribution in [0, 0.1) is 0 Å². The summed E-state index contributed by atoms with van der Waals surface area (Å²) in [5.41, 5.74) is 4.06. The lowest BCUT2D eigenvalue weighted by Crippen LogP contribution is -2.49. The SMILES string of the molecule is CC(C)(C)c1ccc(N(C(=O)C2CC3OCCC3O2)C(C(=O)N[C@@H]2c3ccccc3C[C@@H]2O)c2cccnc2)cc1. The molecule has 2 amide bonds. The molecule has 2 fully saturated rings. The Hall–Kier alpha value is -3.59. The summed E-state index contributed by atoms with van der Waals surface area (Å²) in [5, 5.41) is 14.0. The molecule has 3 aliphatic rings. The predicted molar refractivity (Wildman–Crippen MR) is 154 cm³/mol. The van der Waals surface area contributed by atoms with E-state index in [1.807, 2.05) is 48.5 Å². The highest BCUT2D eigenvalue weighted by atomic mass is 16.6. The lowest BCUT2D eigenvalue weighted by Gasteiger charge is -2.34. The Morgan fingerprint density at radius 1 is 1.05 bits per heavy atom. The summed E-state index contributed by atoms with van der Waals surface area (Å²) in [7, 11) is 0. The number of nitrogens with one attached hydrogen (secondary N) is 1. The first kappa shape index (κ1) is 27.6. The van der Waals surface area contributed by atoms with Gasteiger partial charge in [0, 0.05) is 43.1 Å². The number of amides is 2. The molecule has 8 nitrogen and oxygen atoms in total. The molecule has 0 bridgehead atoms. The van der Waals surface area contributed by atoms with Crippen molar-refractivity contribution in [3.63, 3.8) is 0 Å². The fourth-order valence-corrected chi connectivity index (χ4v) is 6.26. The van der Waals surface area contributed by atoms with Gasteiger partial charge in [0.25, 0.3) is 5.91 Å². The smallest absolute Gasteiger partial charge is 0.257 e. The van der Waals surface area contributed by atoms with Crippen molar-refractivity contribution in [1.82, 2.24) is 10.3 Å². The Kier molecular flexibility index (Phi) is 7.40. The highest BCUT2D eigenvalue weighted by molar-refractivity contribution is 6.03. The van der Waals surface area contributed by atoms with Gasteiger partial charge in [-0.2, -0.15) is 0 Å². The quantitative estimate of drug-likeness (QED) is 0.474. The standard InChI is InChI=1S/C33H37N3O5/c1-33(2,3)22-10-12-23(13-11-22)36(32(39)28-18-27-26(41-28)14-16-40-27)30(21-8-6-15-34-19-21)31(38)35-29-24-9-5-4-7-20(24)17-25(29)37/h4-13,15,19,25-30,37H,14,16-18H2,1-3H3,(H,35,38)/t25-,26?,27?,28?,29+,30?/m0/s1. The third-order valence-corrected chi connectivity index (χ3v) is 8.47. The molecule has 3 heterocycles. The van der Waals surface area contributed by atoms with Gasteiger partial charge in [-0.3, -0.25) is 19.5 Å². The second-order valence-corrected chi connectivity index (χ2v) is 12.2. The average Bonchev–Trinajstić information content (AvgIpc) is 3.65. The molecule has 2 aromatic carbocycles. The number of anilines is 1. The van der Waals surface area contributed by atoms with Crippen molar-refractivity contribution < 1.29 is 24.2 Å². The van der Waals surface area contributed by atoms with Gasteiger partial charge in [0.05, 0.1) is 24.4 Å². The van der Waals surface area contributed by atoms with Crippen LogP contribution in [0.15, 0.2) is 73.1 Å². The number of nitrogens with zero attached hydrogens (tertiary/aromatic N) is 2. The van der Waals surface area contributed by atoms with Crippen molar-refractivity contribution in [3.05, 3.63) is 95.3 Å². The summed E-state index contributed by atoms with van der Waals surface area (Å²) in [6.07, 6.45) is 3.14. The highest BCUT2D eigenvalue weighted by Gasteiger charge is 2.46. The van der Waals surface area contributed by atoms with Crippen LogP contribution >= 0.6 is 0 Å². The molecular weight excluding hydrogens is 518 g/mol. The molecule has 2 N–H and O–H groups in total. The van der Waals surface area contributed by atoms with Gasteiger partial charge in [-0.1, -0.05) is 63.2 Å². The zero-order chi connectivity index (χ0) is 28.7. The number of fused-ring (bicyclic) bond motifs is 2. The van der Waals surface area contributed by atoms with Crippen LogP contribution in [0.25, 0.3) is 0 Å². The first-order valence-electron chi connectivity index (χ1n) is 14.4. The lowest BCUT2D eigenvalue weighted by atomic mass is 9.87. The molecule has 2 saturated heterocycles. The first-order valence-corrected chi connectivity index (χ1v) is 14.4. The number of hydrogen-bond donors (Lipinski definition) is 2. The molecule has 4 unspecified atom stereocenters. The summed E-state index contributed by atoms with van der Waals surface area (Å²) in [5.74, 6) is -0.704. The number of benzene rings is 2. The molecule has 3 aromatic rings. The van der Waals surface area contributed by atoms with Gasteiger partial charge >= 0.3 is 0 Å². The van der Waals surface area contributed by atoms with Crippen molar-refractivity contribution in [2.75, 3.05) is 11.5 Å². The summed E-state index contributed by atoms with van der Waals surface area (Å²) in [4.78, 5) is 34.5. The van der Waals surface area contributed by atoms with Gasteiger partial charge in [-0.15, -0.1) is 0 Å². The van der Waals surface area contributed by atoms with E-state index in [9.17, 15) is 14.7 Å². The van der Waals surface area contributed by atoms with Crippen molar-refractivity contribution in [3.8, 4) is 0 Å². The minimum atomic E-state index is -1.04. The minimum absolute atomic E-state index is 0.0805. The molecule has 6 rings (SSSR count). The largest absolute Gasteiger partial charge is 0.390 e. The van der Waals surface area contributed by atoms with Crippen LogP contribution in [0.3, 0.4) is 0 Å². The summed E-state index contributed by atoms with van der Waals surface area (Å²) in [6, 6.07) is 17.4. The fourth-order valence-electron chi connectivity index (χ4n) is 6.26. The van der Waals surface area contributed by atoms with E-state index in [0.29, 0.717) is 30.7 Å². The minimum Gasteiger partial charge on any atom is -0.390 e. The van der Waals surface area contributed by atoms with E-state index in [2.05, 4.69) is 31.1 Å². The number of carbonyl (C=O) groups is 2. The predicted octanol–water partition coefficient (Wildman–Crippen LogP) is 4.17. The number of rotatable bonds is 6. The third kappa shape index (κ3) is 5.39. The molecule has 214 valence electrons. The zero-order valence-electron chi connectivity index (χ0n) is 23.7. The van der Waals surface area contributed by atoms with Crippen LogP contribution < -0.4 is 10.2 Å². The molecule has 0 radical (unpaired) electrons. The summed E-state index contributed by atoms with van der Waals surface area (Å²) in [6.45, 7) is 7.02. The van der Waals surface area contributed by atoms with Crippen molar-refractivity contribution in [1.29, 1.82) is 0 Å². The van der Waals surface area contributed by atoms with E-state index < -0.39 is 30.2 Å². The van der Waals surface area contributed by atoms with Crippen LogP contribution in [0.5, 0.6) is 0 Å². The van der Waals surface area contributed by atoms with Crippen molar-refractivity contribution in [2.24, 2.45) is 0 Å². The average molecular weight is 556 g/mol. The van der Waals surface area contributed by atoms with E-state index >= 15 is 0 Å². The Bertz CT molecular complexity index is 1390. The van der Waals surface area contributed by atoms with Crippen molar-refractivity contribution >= 4 is 17.5 Å². The maximum Gasteiger partial charge on any atom is 0.257 e. The number of pyridine rings is 1. The Morgan fingerprint density at radius 3 is 2.54 bits per heavy atom. The second-order valence-electron chi connectivity index (χ2n) is 12.2. The van der Waals surface area contributed by atoms with Gasteiger partial charge in [0.15, 0.2) is 0 Å². The van der Waals surface area contributed by atoms with Crippen LogP contribution in [-0.2, 0) is 30.9 Å². The number of hydrogen-bond acceptors (Lipinski definition) is 6. The normalized spacial score (nSPS) is 25.8. The zero-order valence-corrected chi connectivity index (χ0v) is 23.7. The fraction of sp³-hybridized carbons (Fsp3) is 0.424. The summed E-state index contributed by atoms with van der Waals surface area (Å²) >= 11 is 0. The number of aliphatic hydroxyl groups excluding tert-OH is 1. The van der Waals surface area contributed by atoms with Gasteiger partial charge in [-0.25, -0.2) is 0 Å². The molecule has 1 aliphatic carbocycles. The topological polar surface area (TPSA) is 101 Å². The number of aromatic nitrogens is 1. The Balaban J connectivity index is 1.40. The molecule has 2 aliphatic heterocycles. The van der Waals surface area contributed by atoms with Crippen LogP contribution in [0.1, 0.15) is 68.0 Å². The van der Waals surface area contributed by atoms with E-state index in [1.165, 1.54) is 4.90 Å². The van der Waals surface area contributed by atoms with E-state index in [0.717, 1.165) is 23.1 Å². The lowest BCUT2D eigenvalue weighted by molar-refractivity contribution is -0.133. The van der Waals surface area contributed by atoms with Gasteiger partial charge < -0.3 is 19.9 Å². The first-order chi connectivity index (χ1) is 19.7. The maximum atomic E-state index is 14.4. The van der Waals surface area contributed by atoms with Crippen molar-refractivity contribution in [2.45, 2.75) is 81.9 Å². The molecule has 0 spiro atoms. The van der Waals surface area contributed by atoms with E-state index in [4.69, 9.17) is 9.47 Å². The highest BCUT2D eigenvalue weighted by Crippen LogP contribution is 2.37. The van der Waals surface area contributed by atoms with Gasteiger partial charge in [0.1, 0.15) is 12.1 Å². The van der Waals surface area contributed by atoms with Crippen LogP contribution in [0.4, 0.5) is 5.69 Å². The number of carbonyl (C=O) groups excluding carboxylic acids is 2. The number of aliphatic hydroxyl groups is 1. The molecule has 0 saturated carbocycles. The molecule has 1 aromatic heterocycles. The van der Waals surface area contributed by atoms with Gasteiger partial charge in [-0.05, 0) is 46.7 Å². The number of ether oxygens (including phenoxy) is 2. The molecule has 8 heteroatoms. The molecule has 6 atom stereocenters. The second kappa shape index (κ2) is 11.0. The Labute approximate surface area is 240 Å². The van der Waals surface area contributed by atoms with Crippen LogP contribution in [0.2, 0.25) is 0 Å². The molecule has 41 heavy (non-hydrogen) atoms. The Morgan fingerprint density at radius 2 is 1.83 bits per heavy atom. The van der Waals surface area contributed by atoms with E-state index in [1.54, 1.807) is 24.5 Å². The summed E-state index contributed by atoms with van der Waals surface area (Å²) < 4.78 is 12.0.